The SMILES string of the molecule is CN1CC2(CCNCC2)OCC1=O.Cc1nn(-c2ccccc2)c2nc(C(=O)O)cc(Cl)c12.Cc1nn(-c2ccccc2)c2nc(C(=O)O)cc(N3CCC4(CC3)CN(C)C(=O)CO4)c12. The van der Waals surface area contributed by atoms with Crippen molar-refractivity contribution in [2.24, 2.45) is 0 Å². The molecule has 0 unspecified atom stereocenters. The molecule has 4 aromatic heterocycles. The highest BCUT2D eigenvalue weighted by Crippen LogP contribution is 2.37. The Morgan fingerprint density at radius 1 is 0.677 bits per heavy atom. The fraction of sp³-hybridized carbons (Fsp3) is 0.391. The van der Waals surface area contributed by atoms with Crippen molar-refractivity contribution in [3.05, 3.63) is 101 Å². The zero-order valence-electron chi connectivity index (χ0n) is 36.7. The van der Waals surface area contributed by atoms with Gasteiger partial charge in [-0.05, 0) is 89.0 Å². The Morgan fingerprint density at radius 2 is 1.12 bits per heavy atom. The molecule has 6 aromatic rings. The number of carboxylic acids is 2. The Bertz CT molecular complexity index is 2750. The van der Waals surface area contributed by atoms with E-state index >= 15 is 0 Å². The van der Waals surface area contributed by atoms with Gasteiger partial charge in [-0.1, -0.05) is 48.0 Å². The molecule has 65 heavy (non-hydrogen) atoms. The van der Waals surface area contributed by atoms with Crippen molar-refractivity contribution in [2.45, 2.75) is 50.7 Å². The summed E-state index contributed by atoms with van der Waals surface area (Å²) in [5.74, 6) is -2.09. The first-order valence-corrected chi connectivity index (χ1v) is 21.8. The number of para-hydroxylation sites is 2. The van der Waals surface area contributed by atoms with Crippen molar-refractivity contribution < 1.29 is 38.9 Å². The van der Waals surface area contributed by atoms with Crippen LogP contribution in [-0.4, -0.2) is 151 Å². The number of amides is 2. The molecule has 8 heterocycles. The first kappa shape index (κ1) is 45.1. The highest BCUT2D eigenvalue weighted by molar-refractivity contribution is 6.35. The van der Waals surface area contributed by atoms with E-state index in [-0.39, 0.29) is 47.6 Å². The number of piperidine rings is 2. The molecule has 2 aromatic carbocycles. The van der Waals surface area contributed by atoms with E-state index in [4.69, 9.17) is 26.2 Å². The number of pyridine rings is 2. The minimum Gasteiger partial charge on any atom is -0.477 e. The predicted octanol–water partition coefficient (Wildman–Crippen LogP) is 4.93. The van der Waals surface area contributed by atoms with Gasteiger partial charge in [0.15, 0.2) is 22.7 Å². The van der Waals surface area contributed by atoms with Gasteiger partial charge in [-0.25, -0.2) is 28.9 Å². The van der Waals surface area contributed by atoms with Crippen LogP contribution < -0.4 is 10.2 Å². The fourth-order valence-electron chi connectivity index (χ4n) is 8.89. The van der Waals surface area contributed by atoms with Crippen LogP contribution in [0.25, 0.3) is 33.4 Å². The Hall–Kier alpha value is -6.47. The van der Waals surface area contributed by atoms with Gasteiger partial charge in [0.2, 0.25) is 11.8 Å². The molecule has 340 valence electrons. The summed E-state index contributed by atoms with van der Waals surface area (Å²) in [6.07, 6.45) is 3.54. The molecule has 10 rings (SSSR count). The molecule has 4 saturated heterocycles. The number of aromatic nitrogens is 6. The van der Waals surface area contributed by atoms with Gasteiger partial charge in [-0.15, -0.1) is 0 Å². The van der Waals surface area contributed by atoms with Crippen LogP contribution in [0, 0.1) is 13.8 Å². The number of halogens is 1. The normalized spacial score (nSPS) is 18.1. The molecule has 0 radical (unpaired) electrons. The number of ether oxygens (including phenoxy) is 2. The van der Waals surface area contributed by atoms with Crippen molar-refractivity contribution >= 4 is 63.1 Å². The fourth-order valence-corrected chi connectivity index (χ4v) is 9.22. The number of aromatic carboxylic acids is 2. The predicted molar refractivity (Wildman–Crippen MR) is 242 cm³/mol. The molecule has 19 heteroatoms. The summed E-state index contributed by atoms with van der Waals surface area (Å²) in [6.45, 7) is 8.83. The molecule has 0 saturated carbocycles. The highest BCUT2D eigenvalue weighted by Gasteiger charge is 2.42. The molecule has 2 spiro atoms. The van der Waals surface area contributed by atoms with Gasteiger partial charge in [0.1, 0.15) is 13.2 Å². The van der Waals surface area contributed by atoms with Crippen LogP contribution in [0.1, 0.15) is 58.0 Å². The molecule has 4 aliphatic heterocycles. The number of benzene rings is 2. The summed E-state index contributed by atoms with van der Waals surface area (Å²) >= 11 is 6.16. The number of nitrogens with one attached hydrogen (secondary N) is 1. The molecular formula is C46H51ClN10O8. The van der Waals surface area contributed by atoms with Crippen LogP contribution in [-0.2, 0) is 19.1 Å². The van der Waals surface area contributed by atoms with E-state index in [1.807, 2.05) is 88.6 Å². The van der Waals surface area contributed by atoms with Crippen molar-refractivity contribution in [1.29, 1.82) is 0 Å². The lowest BCUT2D eigenvalue weighted by Gasteiger charge is -2.46. The van der Waals surface area contributed by atoms with E-state index in [0.29, 0.717) is 47.0 Å². The summed E-state index contributed by atoms with van der Waals surface area (Å²) < 4.78 is 14.9. The lowest BCUT2D eigenvalue weighted by molar-refractivity contribution is -0.165. The first-order chi connectivity index (χ1) is 31.2. The average molecular weight is 907 g/mol. The maximum absolute atomic E-state index is 11.9. The number of rotatable bonds is 5. The van der Waals surface area contributed by atoms with Crippen LogP contribution >= 0.6 is 11.6 Å². The molecular weight excluding hydrogens is 856 g/mol. The third-order valence-electron chi connectivity index (χ3n) is 12.4. The van der Waals surface area contributed by atoms with Crippen molar-refractivity contribution in [2.75, 3.05) is 71.5 Å². The first-order valence-electron chi connectivity index (χ1n) is 21.4. The number of carboxylic acid groups (broad SMARTS) is 2. The van der Waals surface area contributed by atoms with Gasteiger partial charge in [0.25, 0.3) is 0 Å². The maximum Gasteiger partial charge on any atom is 0.354 e. The minimum atomic E-state index is -1.12. The Labute approximate surface area is 379 Å². The highest BCUT2D eigenvalue weighted by atomic mass is 35.5. The maximum atomic E-state index is 11.9. The van der Waals surface area contributed by atoms with Gasteiger partial charge in [-0.3, -0.25) is 9.59 Å². The average Bonchev–Trinajstić information content (AvgIpc) is 3.84. The Morgan fingerprint density at radius 3 is 1.60 bits per heavy atom. The lowest BCUT2D eigenvalue weighted by atomic mass is 9.89. The standard InChI is InChI=1S/C23H25N5O4.C14H10ClN3O2.C9H16N2O2/c1-15-20-18(27-10-8-23(9-11-27)14-26(2)19(29)13-32-23)12-17(22(30)31)24-21(20)28(25-15)16-6-4-3-5-7-16;1-8-12-10(15)7-11(14(19)20)16-13(12)18(17-8)9-5-3-2-4-6-9;1-11-7-9(13-6-8(11)12)2-4-10-5-3-9/h3-7,12H,8-11,13-14H2,1-2H3,(H,30,31);2-7H,1H3,(H,19,20);10H,2-7H2,1H3. The summed E-state index contributed by atoms with van der Waals surface area (Å²) in [7, 11) is 3.67. The topological polar surface area (TPSA) is 210 Å². The van der Waals surface area contributed by atoms with Crippen molar-refractivity contribution in [3.8, 4) is 11.4 Å². The van der Waals surface area contributed by atoms with Crippen LogP contribution in [0.5, 0.6) is 0 Å². The molecule has 4 aliphatic rings. The number of aryl methyl sites for hydroxylation is 2. The van der Waals surface area contributed by atoms with E-state index < -0.39 is 11.9 Å². The summed E-state index contributed by atoms with van der Waals surface area (Å²) in [4.78, 5) is 60.3. The van der Waals surface area contributed by atoms with Gasteiger partial charge >= 0.3 is 11.9 Å². The summed E-state index contributed by atoms with van der Waals surface area (Å²) in [5.41, 5.74) is 4.43. The number of hydrogen-bond donors (Lipinski definition) is 3. The number of carbonyl (C=O) groups is 4. The number of fused-ring (bicyclic) bond motifs is 2. The third kappa shape index (κ3) is 9.38. The number of nitrogens with zero attached hydrogens (tertiary/aromatic N) is 9. The number of anilines is 1. The summed E-state index contributed by atoms with van der Waals surface area (Å²) in [5, 5.41) is 33.0. The van der Waals surface area contributed by atoms with Gasteiger partial charge in [0.05, 0.1) is 55.4 Å². The van der Waals surface area contributed by atoms with E-state index in [1.54, 1.807) is 25.2 Å². The molecule has 4 fully saturated rings. The van der Waals surface area contributed by atoms with E-state index in [1.165, 1.54) is 6.07 Å². The second kappa shape index (κ2) is 18.6. The van der Waals surface area contributed by atoms with Crippen molar-refractivity contribution in [3.63, 3.8) is 0 Å². The minimum absolute atomic E-state index is 0.00366. The Balaban J connectivity index is 0.000000148. The zero-order chi connectivity index (χ0) is 46.0. The van der Waals surface area contributed by atoms with Crippen LogP contribution in [0.4, 0.5) is 5.69 Å². The van der Waals surface area contributed by atoms with Crippen molar-refractivity contribution in [1.82, 2.24) is 44.6 Å². The van der Waals surface area contributed by atoms with Gasteiger partial charge < -0.3 is 39.7 Å². The number of likely N-dealkylation sites (N-methyl/N-ethyl adjacent to an activating group) is 2. The van der Waals surface area contributed by atoms with E-state index in [2.05, 4.69) is 30.4 Å². The number of hydrogen-bond acceptors (Lipinski definition) is 12. The molecule has 2 amide bonds. The zero-order valence-corrected chi connectivity index (χ0v) is 37.4. The van der Waals surface area contributed by atoms with E-state index in [9.17, 15) is 24.3 Å². The smallest absolute Gasteiger partial charge is 0.354 e. The molecule has 18 nitrogen and oxygen atoms in total. The molecule has 3 N–H and O–H groups in total. The van der Waals surface area contributed by atoms with Crippen LogP contribution in [0.3, 0.4) is 0 Å². The Kier molecular flexibility index (Phi) is 12.9. The van der Waals surface area contributed by atoms with Crippen LogP contribution in [0.2, 0.25) is 5.02 Å². The lowest BCUT2D eigenvalue weighted by Crippen LogP contribution is -2.57. The molecule has 0 bridgehead atoms. The van der Waals surface area contributed by atoms with Gasteiger partial charge in [0, 0.05) is 40.3 Å². The molecule has 0 aliphatic carbocycles. The second-order valence-electron chi connectivity index (χ2n) is 16.9. The third-order valence-corrected chi connectivity index (χ3v) is 12.7. The largest absolute Gasteiger partial charge is 0.477 e. The van der Waals surface area contributed by atoms with Crippen LogP contribution in [0.15, 0.2) is 72.8 Å². The summed E-state index contributed by atoms with van der Waals surface area (Å²) in [6, 6.07) is 22.0. The number of carbonyl (C=O) groups excluding carboxylic acids is 2. The second-order valence-corrected chi connectivity index (χ2v) is 17.3. The number of morpholine rings is 2. The quantitative estimate of drug-likeness (QED) is 0.210. The van der Waals surface area contributed by atoms with E-state index in [0.717, 1.165) is 73.5 Å². The molecule has 0 atom stereocenters. The monoisotopic (exact) mass is 906 g/mol. The van der Waals surface area contributed by atoms with Gasteiger partial charge in [-0.2, -0.15) is 10.2 Å².